The summed E-state index contributed by atoms with van der Waals surface area (Å²) in [7, 11) is 0. The first kappa shape index (κ1) is 15.3. The molecule has 3 unspecified atom stereocenters. The monoisotopic (exact) mass is 289 g/mol. The number of hydrogen-bond acceptors (Lipinski definition) is 2. The molecule has 2 heteroatoms. The zero-order valence-corrected chi connectivity index (χ0v) is 14.0. The molecule has 0 aromatic carbocycles. The van der Waals surface area contributed by atoms with Crippen molar-refractivity contribution in [3.63, 3.8) is 0 Å². The lowest BCUT2D eigenvalue weighted by atomic mass is 9.69. The van der Waals surface area contributed by atoms with Gasteiger partial charge in [-0.25, -0.2) is 0 Å². The number of epoxide rings is 1. The van der Waals surface area contributed by atoms with Gasteiger partial charge in [-0.2, -0.15) is 0 Å². The van der Waals surface area contributed by atoms with Crippen LogP contribution in [0.3, 0.4) is 0 Å². The van der Waals surface area contributed by atoms with Crippen LogP contribution in [0.5, 0.6) is 0 Å². The Morgan fingerprint density at radius 2 is 1.81 bits per heavy atom. The summed E-state index contributed by atoms with van der Waals surface area (Å²) in [5.41, 5.74) is 3.64. The topological polar surface area (TPSA) is 24.6 Å². The van der Waals surface area contributed by atoms with Gasteiger partial charge in [0.25, 0.3) is 0 Å². The average Bonchev–Trinajstić information content (AvgIpc) is 3.30. The summed E-state index contributed by atoms with van der Waals surface area (Å²) in [6, 6.07) is 0.661. The maximum atomic E-state index is 5.28. The minimum Gasteiger partial charge on any atom is -0.372 e. The van der Waals surface area contributed by atoms with Gasteiger partial charge < -0.3 is 10.1 Å². The molecule has 0 amide bonds. The van der Waals surface area contributed by atoms with E-state index in [-0.39, 0.29) is 5.41 Å². The average molecular weight is 289 g/mol. The van der Waals surface area contributed by atoms with Crippen molar-refractivity contribution in [1.29, 1.82) is 0 Å². The number of ether oxygens (including phenoxy) is 1. The molecule has 1 heterocycles. The molecule has 0 spiro atoms. The van der Waals surface area contributed by atoms with Gasteiger partial charge in [-0.3, -0.25) is 0 Å². The molecule has 1 saturated heterocycles. The predicted molar refractivity (Wildman–Crippen MR) is 88.3 cm³/mol. The Morgan fingerprint density at radius 3 is 2.33 bits per heavy atom. The normalized spacial score (nSPS) is 33.4. The Hall–Kier alpha value is -0.600. The van der Waals surface area contributed by atoms with Gasteiger partial charge in [-0.05, 0) is 44.4 Å². The number of hydrogen-bond donors (Lipinski definition) is 1. The van der Waals surface area contributed by atoms with E-state index in [0.717, 1.165) is 19.1 Å². The molecule has 21 heavy (non-hydrogen) atoms. The third kappa shape index (κ3) is 3.78. The minimum absolute atomic E-state index is 0.282. The Labute approximate surface area is 130 Å². The van der Waals surface area contributed by atoms with Gasteiger partial charge in [-0.15, -0.1) is 0 Å². The van der Waals surface area contributed by atoms with Crippen molar-refractivity contribution in [1.82, 2.24) is 5.32 Å². The van der Waals surface area contributed by atoms with Crippen LogP contribution >= 0.6 is 0 Å². The Kier molecular flexibility index (Phi) is 4.56. The maximum absolute atomic E-state index is 5.28. The lowest BCUT2D eigenvalue weighted by molar-refractivity contribution is 0.363. The number of allylic oxidation sites excluding steroid dienone is 3. The van der Waals surface area contributed by atoms with Crippen molar-refractivity contribution in [2.24, 2.45) is 11.3 Å². The van der Waals surface area contributed by atoms with E-state index in [2.05, 4.69) is 38.2 Å². The highest BCUT2D eigenvalue weighted by atomic mass is 16.6. The van der Waals surface area contributed by atoms with E-state index in [1.54, 1.807) is 11.1 Å². The molecule has 3 aliphatic rings. The summed E-state index contributed by atoms with van der Waals surface area (Å²) >= 11 is 0. The Bertz CT molecular complexity index is 431. The molecule has 3 atom stereocenters. The van der Waals surface area contributed by atoms with Crippen molar-refractivity contribution in [2.75, 3.05) is 13.2 Å². The highest BCUT2D eigenvalue weighted by Gasteiger charge is 2.31. The summed E-state index contributed by atoms with van der Waals surface area (Å²) < 4.78 is 5.28. The van der Waals surface area contributed by atoms with Gasteiger partial charge in [-0.1, -0.05) is 44.1 Å². The maximum Gasteiger partial charge on any atom is 0.0934 e. The van der Waals surface area contributed by atoms with Gasteiger partial charge in [0.15, 0.2) is 0 Å². The number of nitrogens with one attached hydrogen (secondary N) is 1. The van der Waals surface area contributed by atoms with Gasteiger partial charge in [0.05, 0.1) is 12.7 Å². The first-order valence-corrected chi connectivity index (χ1v) is 8.79. The van der Waals surface area contributed by atoms with Crippen LogP contribution in [0.15, 0.2) is 23.3 Å². The van der Waals surface area contributed by atoms with Crippen LogP contribution in [0.4, 0.5) is 0 Å². The third-order valence-electron chi connectivity index (χ3n) is 5.73. The molecule has 1 fully saturated rings. The number of rotatable bonds is 5. The second-order valence-electron chi connectivity index (χ2n) is 7.80. The summed E-state index contributed by atoms with van der Waals surface area (Å²) in [5.74, 6) is 0.878. The largest absolute Gasteiger partial charge is 0.372 e. The van der Waals surface area contributed by atoms with Gasteiger partial charge in [0.1, 0.15) is 0 Å². The fourth-order valence-electron chi connectivity index (χ4n) is 3.81. The Balaban J connectivity index is 1.57. The van der Waals surface area contributed by atoms with E-state index in [9.17, 15) is 0 Å². The molecule has 0 aromatic heterocycles. The first-order chi connectivity index (χ1) is 10.1. The van der Waals surface area contributed by atoms with Crippen LogP contribution in [0.2, 0.25) is 0 Å². The molecule has 1 N–H and O–H groups in total. The van der Waals surface area contributed by atoms with Crippen LogP contribution in [-0.4, -0.2) is 25.3 Å². The molecule has 0 bridgehead atoms. The minimum atomic E-state index is 0.282. The van der Waals surface area contributed by atoms with Crippen molar-refractivity contribution in [3.05, 3.63) is 23.3 Å². The van der Waals surface area contributed by atoms with Crippen molar-refractivity contribution < 1.29 is 4.74 Å². The zero-order chi connectivity index (χ0) is 14.9. The van der Waals surface area contributed by atoms with Crippen LogP contribution < -0.4 is 5.32 Å². The molecule has 2 aliphatic carbocycles. The van der Waals surface area contributed by atoms with E-state index < -0.39 is 0 Å². The van der Waals surface area contributed by atoms with Gasteiger partial charge in [0.2, 0.25) is 0 Å². The first-order valence-electron chi connectivity index (χ1n) is 8.79. The summed E-state index contributed by atoms with van der Waals surface area (Å²) in [5, 5.41) is 3.66. The van der Waals surface area contributed by atoms with Crippen molar-refractivity contribution in [2.45, 2.75) is 71.4 Å². The molecular formula is C19H31NO. The quantitative estimate of drug-likeness (QED) is 0.605. The molecule has 1 aliphatic heterocycles. The fraction of sp³-hybridized carbons (Fsp3) is 0.789. The molecule has 0 radical (unpaired) electrons. The van der Waals surface area contributed by atoms with Crippen LogP contribution in [0.25, 0.3) is 0 Å². The van der Waals surface area contributed by atoms with E-state index in [0.29, 0.717) is 12.1 Å². The molecule has 0 aromatic rings. The van der Waals surface area contributed by atoms with E-state index in [1.807, 2.05) is 0 Å². The van der Waals surface area contributed by atoms with Crippen LogP contribution in [0, 0.1) is 11.3 Å². The van der Waals surface area contributed by atoms with Crippen molar-refractivity contribution >= 4 is 0 Å². The van der Waals surface area contributed by atoms with Crippen molar-refractivity contribution in [3.8, 4) is 0 Å². The molecule has 2 nitrogen and oxygen atoms in total. The van der Waals surface area contributed by atoms with Gasteiger partial charge >= 0.3 is 0 Å². The summed E-state index contributed by atoms with van der Waals surface area (Å²) in [6.07, 6.45) is 13.2. The summed E-state index contributed by atoms with van der Waals surface area (Å²) in [6.45, 7) is 9.25. The Morgan fingerprint density at radius 1 is 1.14 bits per heavy atom. The second-order valence-corrected chi connectivity index (χ2v) is 7.80. The standard InChI is InChI=1S/C19H31NO/c1-14-4-6-15(7-5-14)19(2,3)16-8-10-17(11-9-16)20-12-18-13-21-18/h6,8,14,17-18,20H,4-5,7,9-13H2,1-3H3. The molecular weight excluding hydrogens is 258 g/mol. The smallest absolute Gasteiger partial charge is 0.0934 e. The lowest BCUT2D eigenvalue weighted by Gasteiger charge is -2.37. The zero-order valence-electron chi connectivity index (χ0n) is 14.0. The molecule has 0 saturated carbocycles. The fourth-order valence-corrected chi connectivity index (χ4v) is 3.81. The van der Waals surface area contributed by atoms with Crippen LogP contribution in [-0.2, 0) is 4.74 Å². The van der Waals surface area contributed by atoms with Gasteiger partial charge in [0, 0.05) is 18.0 Å². The SMILES string of the molecule is CC1CC=C(C(C)(C)C2=CCC(NCC3CO3)CC2)CC1. The third-order valence-corrected chi connectivity index (χ3v) is 5.73. The highest BCUT2D eigenvalue weighted by Crippen LogP contribution is 2.44. The second kappa shape index (κ2) is 6.26. The summed E-state index contributed by atoms with van der Waals surface area (Å²) in [4.78, 5) is 0. The molecule has 118 valence electrons. The van der Waals surface area contributed by atoms with E-state index in [1.165, 1.54) is 38.5 Å². The van der Waals surface area contributed by atoms with E-state index >= 15 is 0 Å². The van der Waals surface area contributed by atoms with E-state index in [4.69, 9.17) is 4.74 Å². The molecule has 3 rings (SSSR count). The predicted octanol–water partition coefficient (Wildman–Crippen LogP) is 4.23. The highest BCUT2D eigenvalue weighted by molar-refractivity contribution is 5.30. The lowest BCUT2D eigenvalue weighted by Crippen LogP contribution is -2.35. The van der Waals surface area contributed by atoms with Crippen LogP contribution in [0.1, 0.15) is 59.3 Å².